The molecule has 1 atom stereocenters. The molecule has 0 radical (unpaired) electrons. The third-order valence-corrected chi connectivity index (χ3v) is 4.16. The largest absolute Gasteiger partial charge is 0.338 e. The Labute approximate surface area is 123 Å². The molecule has 20 heavy (non-hydrogen) atoms. The predicted molar refractivity (Wildman–Crippen MR) is 79.2 cm³/mol. The van der Waals surface area contributed by atoms with E-state index in [4.69, 9.17) is 17.1 Å². The number of carbonyl (C=O) groups excluding carboxylic acids is 1. The van der Waals surface area contributed by atoms with Crippen molar-refractivity contribution in [2.45, 2.75) is 37.6 Å². The molecule has 108 valence electrons. The zero-order valence-electron chi connectivity index (χ0n) is 11.3. The van der Waals surface area contributed by atoms with E-state index >= 15 is 0 Å². The number of halogens is 1. The van der Waals surface area contributed by atoms with Crippen LogP contribution in [-0.2, 0) is 9.05 Å². The van der Waals surface area contributed by atoms with Gasteiger partial charge in [0.05, 0.1) is 10.9 Å². The van der Waals surface area contributed by atoms with Crippen molar-refractivity contribution < 1.29 is 13.2 Å². The van der Waals surface area contributed by atoms with Gasteiger partial charge < -0.3 is 5.32 Å². The molecule has 0 heterocycles. The molecule has 1 rings (SSSR count). The van der Waals surface area contributed by atoms with Crippen LogP contribution >= 0.6 is 10.7 Å². The molecule has 0 aromatic heterocycles. The molecule has 0 saturated heterocycles. The van der Waals surface area contributed by atoms with Gasteiger partial charge in [-0.15, -0.1) is 6.42 Å². The summed E-state index contributed by atoms with van der Waals surface area (Å²) in [6.07, 6.45) is 6.89. The van der Waals surface area contributed by atoms with Crippen LogP contribution in [0, 0.1) is 19.3 Å². The van der Waals surface area contributed by atoms with E-state index < -0.39 is 9.05 Å². The fraction of sp³-hybridized carbons (Fsp3) is 0.357. The molecule has 0 aliphatic carbocycles. The molecule has 1 N–H and O–H groups in total. The zero-order chi connectivity index (χ0) is 15.3. The van der Waals surface area contributed by atoms with Crippen LogP contribution in [-0.4, -0.2) is 20.4 Å². The summed E-state index contributed by atoms with van der Waals surface area (Å²) in [5, 5.41) is 2.73. The second kappa shape index (κ2) is 6.78. The van der Waals surface area contributed by atoms with Gasteiger partial charge in [0, 0.05) is 16.2 Å². The number of terminal acetylenes is 1. The van der Waals surface area contributed by atoms with Crippen molar-refractivity contribution in [3.8, 4) is 12.3 Å². The highest BCUT2D eigenvalue weighted by Gasteiger charge is 2.16. The van der Waals surface area contributed by atoms with Gasteiger partial charge in [-0.2, -0.15) is 0 Å². The van der Waals surface area contributed by atoms with Crippen LogP contribution in [0.2, 0.25) is 0 Å². The highest BCUT2D eigenvalue weighted by atomic mass is 35.7. The molecule has 1 amide bonds. The van der Waals surface area contributed by atoms with Gasteiger partial charge in [0.15, 0.2) is 0 Å². The van der Waals surface area contributed by atoms with Gasteiger partial charge in [0.25, 0.3) is 15.0 Å². The summed E-state index contributed by atoms with van der Waals surface area (Å²) >= 11 is 0. The Hall–Kier alpha value is -1.51. The van der Waals surface area contributed by atoms with Crippen LogP contribution < -0.4 is 5.32 Å². The molecule has 0 aliphatic rings. The molecule has 4 nitrogen and oxygen atoms in total. The molecule has 0 fully saturated rings. The average molecular weight is 314 g/mol. The first-order valence-electron chi connectivity index (χ1n) is 6.12. The van der Waals surface area contributed by atoms with Crippen molar-refractivity contribution in [3.05, 3.63) is 29.3 Å². The predicted octanol–water partition coefficient (Wildman–Crippen LogP) is 2.45. The minimum Gasteiger partial charge on any atom is -0.338 e. The van der Waals surface area contributed by atoms with Crippen LogP contribution in [0.5, 0.6) is 0 Å². The van der Waals surface area contributed by atoms with Gasteiger partial charge in [0.1, 0.15) is 0 Å². The first kappa shape index (κ1) is 16.5. The topological polar surface area (TPSA) is 63.2 Å². The number of amides is 1. The molecule has 6 heteroatoms. The lowest BCUT2D eigenvalue weighted by atomic mass is 10.1. The van der Waals surface area contributed by atoms with E-state index in [9.17, 15) is 13.2 Å². The Kier molecular flexibility index (Phi) is 5.61. The molecule has 1 aromatic rings. The molecule has 1 aromatic carbocycles. The Bertz CT molecular complexity index is 647. The van der Waals surface area contributed by atoms with Crippen LogP contribution in [0.4, 0.5) is 0 Å². The van der Waals surface area contributed by atoms with Crippen LogP contribution in [0.3, 0.4) is 0 Å². The summed E-state index contributed by atoms with van der Waals surface area (Å²) in [5.41, 5.74) is 0.905. The van der Waals surface area contributed by atoms with Gasteiger partial charge in [-0.3, -0.25) is 4.79 Å². The van der Waals surface area contributed by atoms with Gasteiger partial charge in [0.2, 0.25) is 0 Å². The molecule has 0 aliphatic heterocycles. The third-order valence-electron chi connectivity index (χ3n) is 2.81. The number of rotatable bonds is 5. The maximum atomic E-state index is 12.1. The number of benzene rings is 1. The summed E-state index contributed by atoms with van der Waals surface area (Å²) in [5.74, 6) is 2.19. The van der Waals surface area contributed by atoms with Crippen molar-refractivity contribution in [2.24, 2.45) is 0 Å². The second-order valence-corrected chi connectivity index (χ2v) is 6.96. The second-order valence-electron chi connectivity index (χ2n) is 4.40. The molecule has 1 unspecified atom stereocenters. The quantitative estimate of drug-likeness (QED) is 0.671. The first-order valence-corrected chi connectivity index (χ1v) is 8.42. The number of aryl methyl sites for hydroxylation is 1. The lowest BCUT2D eigenvalue weighted by Gasteiger charge is -2.13. The van der Waals surface area contributed by atoms with E-state index in [2.05, 4.69) is 11.2 Å². The molecule has 0 bridgehead atoms. The van der Waals surface area contributed by atoms with Gasteiger partial charge in [-0.1, -0.05) is 19.3 Å². The Morgan fingerprint density at radius 2 is 2.15 bits per heavy atom. The van der Waals surface area contributed by atoms with Gasteiger partial charge in [-0.05, 0) is 37.1 Å². The normalized spacial score (nSPS) is 12.5. The third kappa shape index (κ3) is 4.26. The highest BCUT2D eigenvalue weighted by molar-refractivity contribution is 8.13. The van der Waals surface area contributed by atoms with Crippen molar-refractivity contribution in [1.29, 1.82) is 0 Å². The van der Waals surface area contributed by atoms with Gasteiger partial charge in [-0.25, -0.2) is 8.42 Å². The van der Waals surface area contributed by atoms with E-state index in [1.54, 1.807) is 6.92 Å². The van der Waals surface area contributed by atoms with Crippen molar-refractivity contribution >= 4 is 25.6 Å². The molecular formula is C14H16ClNO3S. The maximum Gasteiger partial charge on any atom is 0.261 e. The standard InChI is InChI=1S/C14H16ClNO3S/c1-4-6-11(5-2)16-14(17)13-8-7-12(9-10(13)3)20(15,18)19/h2,7-9,11H,4,6H2,1,3H3,(H,16,17). The van der Waals surface area contributed by atoms with E-state index in [-0.39, 0.29) is 16.8 Å². The maximum absolute atomic E-state index is 12.1. The number of hydrogen-bond acceptors (Lipinski definition) is 3. The number of nitrogens with one attached hydrogen (secondary N) is 1. The van der Waals surface area contributed by atoms with E-state index in [1.807, 2.05) is 6.92 Å². The van der Waals surface area contributed by atoms with Crippen molar-refractivity contribution in [1.82, 2.24) is 5.32 Å². The molecular weight excluding hydrogens is 298 g/mol. The summed E-state index contributed by atoms with van der Waals surface area (Å²) in [7, 11) is 1.46. The fourth-order valence-electron chi connectivity index (χ4n) is 1.76. The zero-order valence-corrected chi connectivity index (χ0v) is 12.9. The van der Waals surface area contributed by atoms with E-state index in [0.717, 1.165) is 6.42 Å². The van der Waals surface area contributed by atoms with Gasteiger partial charge >= 0.3 is 0 Å². The minimum atomic E-state index is -3.80. The fourth-order valence-corrected chi connectivity index (χ4v) is 2.60. The first-order chi connectivity index (χ1) is 9.29. The smallest absolute Gasteiger partial charge is 0.261 e. The number of carbonyl (C=O) groups is 1. The molecule has 0 saturated carbocycles. The van der Waals surface area contributed by atoms with Crippen molar-refractivity contribution in [3.63, 3.8) is 0 Å². The van der Waals surface area contributed by atoms with Crippen LogP contribution in [0.25, 0.3) is 0 Å². The number of hydrogen-bond donors (Lipinski definition) is 1. The van der Waals surface area contributed by atoms with E-state index in [0.29, 0.717) is 17.5 Å². The average Bonchev–Trinajstić information content (AvgIpc) is 2.36. The monoisotopic (exact) mass is 313 g/mol. The Morgan fingerprint density at radius 3 is 2.60 bits per heavy atom. The SMILES string of the molecule is C#CC(CCC)NC(=O)c1ccc(S(=O)(=O)Cl)cc1C. The van der Waals surface area contributed by atoms with Crippen LogP contribution in [0.15, 0.2) is 23.1 Å². The summed E-state index contributed by atoms with van der Waals surface area (Å²) in [6, 6.07) is 3.76. The lowest BCUT2D eigenvalue weighted by Crippen LogP contribution is -2.34. The van der Waals surface area contributed by atoms with Crippen molar-refractivity contribution in [2.75, 3.05) is 0 Å². The summed E-state index contributed by atoms with van der Waals surface area (Å²) in [6.45, 7) is 3.62. The summed E-state index contributed by atoms with van der Waals surface area (Å²) < 4.78 is 22.4. The highest BCUT2D eigenvalue weighted by Crippen LogP contribution is 2.19. The van der Waals surface area contributed by atoms with Crippen LogP contribution in [0.1, 0.15) is 35.7 Å². The Balaban J connectivity index is 2.98. The lowest BCUT2D eigenvalue weighted by molar-refractivity contribution is 0.0943. The molecule has 0 spiro atoms. The summed E-state index contributed by atoms with van der Waals surface area (Å²) in [4.78, 5) is 12.0. The minimum absolute atomic E-state index is 0.0322. The van der Waals surface area contributed by atoms with E-state index in [1.165, 1.54) is 18.2 Å². The Morgan fingerprint density at radius 1 is 1.50 bits per heavy atom.